The van der Waals surface area contributed by atoms with Gasteiger partial charge in [-0.2, -0.15) is 0 Å². The minimum absolute atomic E-state index is 0.305. The largest absolute Gasteiger partial charge is 0.459 e. The van der Waals surface area contributed by atoms with Crippen molar-refractivity contribution in [2.24, 2.45) is 0 Å². The second kappa shape index (κ2) is 4.87. The molecule has 0 radical (unpaired) electrons. The minimum Gasteiger partial charge on any atom is -0.459 e. The number of carbonyl (C=O) groups is 1. The lowest BCUT2D eigenvalue weighted by molar-refractivity contribution is 0.0328. The van der Waals surface area contributed by atoms with Crippen LogP contribution in [0.2, 0.25) is 0 Å². The fourth-order valence-corrected chi connectivity index (χ4v) is 0.991. The van der Waals surface area contributed by atoms with Crippen LogP contribution in [0.1, 0.15) is 30.6 Å². The first-order valence-corrected chi connectivity index (χ1v) is 4.71. The lowest BCUT2D eigenvalue weighted by atomic mass is 10.2. The molecule has 0 aromatic heterocycles. The Morgan fingerprint density at radius 1 is 1.47 bits per heavy atom. The number of hydrogen-bond acceptors (Lipinski definition) is 2. The van der Waals surface area contributed by atoms with Gasteiger partial charge in [-0.05, 0) is 25.5 Å². The number of benzene rings is 1. The molecule has 1 atom stereocenters. The Balaban J connectivity index is 2.87. The SMILES string of the molecule is CCC(C)OC(=O)c1cccc(F)c1F. The molecule has 0 aliphatic heterocycles. The number of carbonyl (C=O) groups excluding carboxylic acids is 1. The van der Waals surface area contributed by atoms with Crippen LogP contribution >= 0.6 is 0 Å². The first kappa shape index (κ1) is 11.6. The van der Waals surface area contributed by atoms with Gasteiger partial charge in [-0.25, -0.2) is 13.6 Å². The third-order valence-corrected chi connectivity index (χ3v) is 2.05. The Hall–Kier alpha value is -1.45. The van der Waals surface area contributed by atoms with E-state index in [-0.39, 0.29) is 11.7 Å². The maximum Gasteiger partial charge on any atom is 0.341 e. The molecule has 82 valence electrons. The summed E-state index contributed by atoms with van der Waals surface area (Å²) in [6, 6.07) is 3.42. The fraction of sp³-hybridized carbons (Fsp3) is 0.364. The molecule has 0 N–H and O–H groups in total. The first-order valence-electron chi connectivity index (χ1n) is 4.71. The molecule has 1 rings (SSSR count). The molecule has 1 aromatic rings. The molecule has 0 fully saturated rings. The van der Waals surface area contributed by atoms with Crippen molar-refractivity contribution < 1.29 is 18.3 Å². The topological polar surface area (TPSA) is 26.3 Å². The van der Waals surface area contributed by atoms with E-state index in [1.807, 2.05) is 6.92 Å². The van der Waals surface area contributed by atoms with Crippen molar-refractivity contribution in [1.29, 1.82) is 0 Å². The van der Waals surface area contributed by atoms with Crippen LogP contribution in [0.15, 0.2) is 18.2 Å². The van der Waals surface area contributed by atoms with E-state index >= 15 is 0 Å². The summed E-state index contributed by atoms with van der Waals surface area (Å²) in [7, 11) is 0. The van der Waals surface area contributed by atoms with Crippen molar-refractivity contribution in [3.05, 3.63) is 35.4 Å². The van der Waals surface area contributed by atoms with Gasteiger partial charge in [0.2, 0.25) is 0 Å². The van der Waals surface area contributed by atoms with Crippen LogP contribution in [-0.2, 0) is 4.74 Å². The second-order valence-electron chi connectivity index (χ2n) is 3.23. The van der Waals surface area contributed by atoms with Crippen LogP contribution in [0.5, 0.6) is 0 Å². The zero-order chi connectivity index (χ0) is 11.4. The molecule has 4 heteroatoms. The lowest BCUT2D eigenvalue weighted by Gasteiger charge is -2.11. The molecule has 0 saturated carbocycles. The second-order valence-corrected chi connectivity index (χ2v) is 3.23. The van der Waals surface area contributed by atoms with E-state index in [1.54, 1.807) is 6.92 Å². The highest BCUT2D eigenvalue weighted by Crippen LogP contribution is 2.13. The van der Waals surface area contributed by atoms with E-state index in [2.05, 4.69) is 0 Å². The van der Waals surface area contributed by atoms with Gasteiger partial charge in [-0.3, -0.25) is 0 Å². The molecule has 0 aliphatic rings. The van der Waals surface area contributed by atoms with Crippen molar-refractivity contribution in [1.82, 2.24) is 0 Å². The summed E-state index contributed by atoms with van der Waals surface area (Å²) in [5, 5.41) is 0. The van der Waals surface area contributed by atoms with E-state index in [0.29, 0.717) is 6.42 Å². The summed E-state index contributed by atoms with van der Waals surface area (Å²) in [5.74, 6) is -3.04. The van der Waals surface area contributed by atoms with Crippen molar-refractivity contribution in [3.8, 4) is 0 Å². The Morgan fingerprint density at radius 2 is 2.13 bits per heavy atom. The highest BCUT2D eigenvalue weighted by atomic mass is 19.2. The summed E-state index contributed by atoms with van der Waals surface area (Å²) < 4.78 is 30.8. The molecule has 0 aliphatic carbocycles. The smallest absolute Gasteiger partial charge is 0.341 e. The summed E-state index contributed by atoms with van der Waals surface area (Å²) in [6.45, 7) is 3.52. The highest BCUT2D eigenvalue weighted by Gasteiger charge is 2.17. The van der Waals surface area contributed by atoms with Crippen molar-refractivity contribution in [2.45, 2.75) is 26.4 Å². The van der Waals surface area contributed by atoms with E-state index in [4.69, 9.17) is 4.74 Å². The molecular formula is C11H12F2O2. The summed E-state index contributed by atoms with van der Waals surface area (Å²) in [4.78, 5) is 11.4. The first-order chi connectivity index (χ1) is 7.06. The predicted octanol–water partition coefficient (Wildman–Crippen LogP) is 2.92. The Morgan fingerprint density at radius 3 is 2.73 bits per heavy atom. The molecule has 1 aromatic carbocycles. The van der Waals surface area contributed by atoms with Gasteiger partial charge in [0.25, 0.3) is 0 Å². The predicted molar refractivity (Wildman–Crippen MR) is 51.5 cm³/mol. The average molecular weight is 214 g/mol. The third kappa shape index (κ3) is 2.75. The van der Waals surface area contributed by atoms with Crippen molar-refractivity contribution in [3.63, 3.8) is 0 Å². The molecule has 0 saturated heterocycles. The average Bonchev–Trinajstić information content (AvgIpc) is 2.21. The zero-order valence-corrected chi connectivity index (χ0v) is 8.59. The van der Waals surface area contributed by atoms with E-state index in [9.17, 15) is 13.6 Å². The highest BCUT2D eigenvalue weighted by molar-refractivity contribution is 5.89. The maximum atomic E-state index is 13.1. The lowest BCUT2D eigenvalue weighted by Crippen LogP contribution is -2.15. The van der Waals surface area contributed by atoms with Crippen LogP contribution in [-0.4, -0.2) is 12.1 Å². The van der Waals surface area contributed by atoms with Gasteiger partial charge < -0.3 is 4.74 Å². The Labute approximate surface area is 86.9 Å². The van der Waals surface area contributed by atoms with Gasteiger partial charge in [0.1, 0.15) is 0 Å². The molecule has 0 amide bonds. The fourth-order valence-electron chi connectivity index (χ4n) is 0.991. The van der Waals surface area contributed by atoms with Gasteiger partial charge in [-0.1, -0.05) is 13.0 Å². The molecule has 0 heterocycles. The standard InChI is InChI=1S/C11H12F2O2/c1-3-7(2)15-11(14)8-5-4-6-9(12)10(8)13/h4-7H,3H2,1-2H3. The molecule has 0 spiro atoms. The number of esters is 1. The third-order valence-electron chi connectivity index (χ3n) is 2.05. The van der Waals surface area contributed by atoms with Crippen LogP contribution in [0.3, 0.4) is 0 Å². The molecule has 2 nitrogen and oxygen atoms in total. The summed E-state index contributed by atoms with van der Waals surface area (Å²) >= 11 is 0. The summed E-state index contributed by atoms with van der Waals surface area (Å²) in [5.41, 5.74) is -0.365. The quantitative estimate of drug-likeness (QED) is 0.723. The van der Waals surface area contributed by atoms with Gasteiger partial charge in [-0.15, -0.1) is 0 Å². The minimum atomic E-state index is -1.16. The number of hydrogen-bond donors (Lipinski definition) is 0. The Bertz CT molecular complexity index is 364. The van der Waals surface area contributed by atoms with E-state index in [1.165, 1.54) is 12.1 Å². The number of ether oxygens (including phenoxy) is 1. The zero-order valence-electron chi connectivity index (χ0n) is 8.59. The molecule has 1 unspecified atom stereocenters. The van der Waals surface area contributed by atoms with Gasteiger partial charge in [0.15, 0.2) is 11.6 Å². The van der Waals surface area contributed by atoms with E-state index < -0.39 is 17.6 Å². The van der Waals surface area contributed by atoms with Gasteiger partial charge in [0.05, 0.1) is 11.7 Å². The van der Waals surface area contributed by atoms with Crippen LogP contribution in [0.25, 0.3) is 0 Å². The molecular weight excluding hydrogens is 202 g/mol. The summed E-state index contributed by atoms with van der Waals surface area (Å²) in [6.07, 6.45) is 0.322. The van der Waals surface area contributed by atoms with E-state index in [0.717, 1.165) is 6.07 Å². The van der Waals surface area contributed by atoms with Crippen molar-refractivity contribution >= 4 is 5.97 Å². The number of halogens is 2. The molecule has 0 bridgehead atoms. The van der Waals surface area contributed by atoms with Crippen LogP contribution in [0, 0.1) is 11.6 Å². The van der Waals surface area contributed by atoms with Gasteiger partial charge in [0, 0.05) is 0 Å². The normalized spacial score (nSPS) is 12.3. The van der Waals surface area contributed by atoms with Crippen LogP contribution in [0.4, 0.5) is 8.78 Å². The van der Waals surface area contributed by atoms with Crippen molar-refractivity contribution in [2.75, 3.05) is 0 Å². The monoisotopic (exact) mass is 214 g/mol. The Kier molecular flexibility index (Phi) is 3.77. The van der Waals surface area contributed by atoms with Crippen LogP contribution < -0.4 is 0 Å². The van der Waals surface area contributed by atoms with Gasteiger partial charge >= 0.3 is 5.97 Å². The molecule has 15 heavy (non-hydrogen) atoms. The maximum absolute atomic E-state index is 13.1. The number of rotatable bonds is 3.